The van der Waals surface area contributed by atoms with Gasteiger partial charge in [-0.3, -0.25) is 9.59 Å². The number of halogens is 2. The number of carboxylic acid groups (broad SMARTS) is 1. The molecule has 0 fully saturated rings. The second-order valence-corrected chi connectivity index (χ2v) is 8.94. The van der Waals surface area contributed by atoms with Crippen LogP contribution in [-0.4, -0.2) is 28.1 Å². The molecule has 1 unspecified atom stereocenters. The summed E-state index contributed by atoms with van der Waals surface area (Å²) in [6.07, 6.45) is 0. The second-order valence-electron chi connectivity index (χ2n) is 6.71. The lowest BCUT2D eigenvalue weighted by Gasteiger charge is -2.14. The molecule has 3 N–H and O–H groups in total. The number of hydrogen-bond donors (Lipinski definition) is 3. The zero-order chi connectivity index (χ0) is 23.3. The van der Waals surface area contributed by atoms with Crippen LogP contribution >= 0.6 is 35.0 Å². The zero-order valence-electron chi connectivity index (χ0n) is 16.8. The van der Waals surface area contributed by atoms with E-state index < -0.39 is 17.1 Å². The fourth-order valence-corrected chi connectivity index (χ4v) is 4.01. The quantitative estimate of drug-likeness (QED) is 0.351. The van der Waals surface area contributed by atoms with E-state index in [-0.39, 0.29) is 17.0 Å². The first-order valence-electron chi connectivity index (χ1n) is 9.41. The summed E-state index contributed by atoms with van der Waals surface area (Å²) < 4.78 is 0. The number of anilines is 2. The van der Waals surface area contributed by atoms with Gasteiger partial charge in [0.25, 0.3) is 5.91 Å². The van der Waals surface area contributed by atoms with Gasteiger partial charge in [0.05, 0.1) is 26.4 Å². The lowest BCUT2D eigenvalue weighted by molar-refractivity contribution is -0.115. The van der Waals surface area contributed by atoms with E-state index in [0.29, 0.717) is 21.4 Å². The number of amides is 2. The highest BCUT2D eigenvalue weighted by atomic mass is 35.5. The lowest BCUT2D eigenvalue weighted by atomic mass is 10.1. The van der Waals surface area contributed by atoms with E-state index in [1.54, 1.807) is 55.5 Å². The molecule has 3 aromatic carbocycles. The van der Waals surface area contributed by atoms with Gasteiger partial charge in [-0.2, -0.15) is 0 Å². The maximum Gasteiger partial charge on any atom is 0.336 e. The third kappa shape index (κ3) is 6.03. The number of thioether (sulfide) groups is 1. The smallest absolute Gasteiger partial charge is 0.336 e. The summed E-state index contributed by atoms with van der Waals surface area (Å²) in [5.41, 5.74) is 1.00. The predicted molar refractivity (Wildman–Crippen MR) is 128 cm³/mol. The molecule has 32 heavy (non-hydrogen) atoms. The molecule has 9 heteroatoms. The van der Waals surface area contributed by atoms with Crippen molar-refractivity contribution in [2.75, 3.05) is 10.6 Å². The molecular weight excluding hydrogens is 471 g/mol. The van der Waals surface area contributed by atoms with Crippen LogP contribution < -0.4 is 10.6 Å². The molecule has 0 aliphatic carbocycles. The normalized spacial score (nSPS) is 11.5. The summed E-state index contributed by atoms with van der Waals surface area (Å²) in [5.74, 6) is -1.93. The van der Waals surface area contributed by atoms with Crippen molar-refractivity contribution < 1.29 is 19.5 Å². The summed E-state index contributed by atoms with van der Waals surface area (Å²) in [6, 6.07) is 17.8. The molecule has 0 heterocycles. The number of hydrogen-bond acceptors (Lipinski definition) is 4. The van der Waals surface area contributed by atoms with Crippen molar-refractivity contribution >= 4 is 64.1 Å². The van der Waals surface area contributed by atoms with E-state index in [0.717, 1.165) is 4.90 Å². The first-order chi connectivity index (χ1) is 15.2. The Bertz CT molecular complexity index is 1190. The molecule has 0 saturated heterocycles. The topological polar surface area (TPSA) is 95.5 Å². The van der Waals surface area contributed by atoms with Crippen LogP contribution in [0, 0.1) is 0 Å². The molecule has 1 atom stereocenters. The van der Waals surface area contributed by atoms with Gasteiger partial charge in [0.1, 0.15) is 0 Å². The van der Waals surface area contributed by atoms with Gasteiger partial charge >= 0.3 is 5.97 Å². The van der Waals surface area contributed by atoms with Crippen LogP contribution in [-0.2, 0) is 4.79 Å². The summed E-state index contributed by atoms with van der Waals surface area (Å²) in [6.45, 7) is 1.76. The zero-order valence-corrected chi connectivity index (χ0v) is 19.1. The van der Waals surface area contributed by atoms with E-state index in [4.69, 9.17) is 23.2 Å². The minimum Gasteiger partial charge on any atom is -0.478 e. The molecule has 164 valence electrons. The average molecular weight is 489 g/mol. The van der Waals surface area contributed by atoms with Crippen molar-refractivity contribution in [3.05, 3.63) is 87.9 Å². The number of aromatic carboxylic acids is 1. The molecule has 0 bridgehead atoms. The Morgan fingerprint density at radius 2 is 1.53 bits per heavy atom. The Kier molecular flexibility index (Phi) is 7.80. The predicted octanol–water partition coefficient (Wildman–Crippen LogP) is 6.06. The number of rotatable bonds is 7. The summed E-state index contributed by atoms with van der Waals surface area (Å²) in [4.78, 5) is 37.2. The Hall–Kier alpha value is -3.00. The third-order valence-corrected chi connectivity index (χ3v) is 6.20. The van der Waals surface area contributed by atoms with Crippen LogP contribution in [0.4, 0.5) is 11.4 Å². The summed E-state index contributed by atoms with van der Waals surface area (Å²) in [5, 5.41) is 15.1. The average Bonchev–Trinajstić information content (AvgIpc) is 2.76. The van der Waals surface area contributed by atoms with Crippen LogP contribution in [0.1, 0.15) is 27.6 Å². The molecule has 0 aliphatic heterocycles. The standard InChI is InChI=1S/C23H18Cl2N2O4S/c1-13(21(28)26-15-9-10-19(24)20(25)12-15)32-16-6-4-5-14(11-16)27-22(29)17-7-2-3-8-18(17)23(30)31/h2-13H,1H3,(H,26,28)(H,27,29)(H,30,31). The Labute approximate surface area is 198 Å². The van der Waals surface area contributed by atoms with Gasteiger partial charge in [-0.25, -0.2) is 4.79 Å². The minimum atomic E-state index is -1.18. The molecule has 0 radical (unpaired) electrons. The number of carboxylic acids is 1. The molecule has 3 rings (SSSR count). The fourth-order valence-electron chi connectivity index (χ4n) is 2.79. The minimum absolute atomic E-state index is 0.0624. The van der Waals surface area contributed by atoms with Crippen LogP contribution in [0.25, 0.3) is 0 Å². The molecule has 0 aromatic heterocycles. The maximum atomic E-state index is 12.6. The third-order valence-electron chi connectivity index (χ3n) is 4.36. The van der Waals surface area contributed by atoms with Crippen molar-refractivity contribution in [1.29, 1.82) is 0 Å². The van der Waals surface area contributed by atoms with E-state index in [2.05, 4.69) is 10.6 Å². The van der Waals surface area contributed by atoms with Gasteiger partial charge in [0.2, 0.25) is 5.91 Å². The van der Waals surface area contributed by atoms with Gasteiger partial charge in [0, 0.05) is 16.3 Å². The van der Waals surface area contributed by atoms with E-state index in [1.807, 2.05) is 6.07 Å². The molecule has 0 saturated carbocycles. The molecule has 0 aliphatic rings. The number of carbonyl (C=O) groups is 3. The molecule has 2 amide bonds. The Morgan fingerprint density at radius 3 is 2.22 bits per heavy atom. The van der Waals surface area contributed by atoms with Crippen LogP contribution in [0.15, 0.2) is 71.6 Å². The maximum absolute atomic E-state index is 12.6. The SMILES string of the molecule is CC(Sc1cccc(NC(=O)c2ccccc2C(=O)O)c1)C(=O)Nc1ccc(Cl)c(Cl)c1. The first kappa shape index (κ1) is 23.7. The van der Waals surface area contributed by atoms with Crippen molar-refractivity contribution in [1.82, 2.24) is 0 Å². The number of benzene rings is 3. The molecule has 0 spiro atoms. The van der Waals surface area contributed by atoms with Gasteiger partial charge in [-0.15, -0.1) is 11.8 Å². The van der Waals surface area contributed by atoms with Crippen molar-refractivity contribution in [3.63, 3.8) is 0 Å². The van der Waals surface area contributed by atoms with Crippen LogP contribution in [0.5, 0.6) is 0 Å². The van der Waals surface area contributed by atoms with Crippen LogP contribution in [0.3, 0.4) is 0 Å². The fraction of sp³-hybridized carbons (Fsp3) is 0.0870. The number of carbonyl (C=O) groups excluding carboxylic acids is 2. The monoisotopic (exact) mass is 488 g/mol. The van der Waals surface area contributed by atoms with Crippen molar-refractivity contribution in [3.8, 4) is 0 Å². The van der Waals surface area contributed by atoms with E-state index in [9.17, 15) is 19.5 Å². The van der Waals surface area contributed by atoms with Gasteiger partial charge in [-0.1, -0.05) is 41.4 Å². The highest BCUT2D eigenvalue weighted by Crippen LogP contribution is 2.28. The van der Waals surface area contributed by atoms with E-state index in [1.165, 1.54) is 23.9 Å². The summed E-state index contributed by atoms with van der Waals surface area (Å²) in [7, 11) is 0. The molecule has 6 nitrogen and oxygen atoms in total. The molecule has 3 aromatic rings. The second kappa shape index (κ2) is 10.5. The first-order valence-corrected chi connectivity index (χ1v) is 11.0. The van der Waals surface area contributed by atoms with Gasteiger partial charge in [0.15, 0.2) is 0 Å². The molecular formula is C23H18Cl2N2O4S. The van der Waals surface area contributed by atoms with Crippen molar-refractivity contribution in [2.24, 2.45) is 0 Å². The highest BCUT2D eigenvalue weighted by molar-refractivity contribution is 8.00. The summed E-state index contributed by atoms with van der Waals surface area (Å²) >= 11 is 13.2. The highest BCUT2D eigenvalue weighted by Gasteiger charge is 2.18. The van der Waals surface area contributed by atoms with Crippen molar-refractivity contribution in [2.45, 2.75) is 17.1 Å². The Morgan fingerprint density at radius 1 is 0.844 bits per heavy atom. The number of nitrogens with one attached hydrogen (secondary N) is 2. The largest absolute Gasteiger partial charge is 0.478 e. The Balaban J connectivity index is 1.66. The van der Waals surface area contributed by atoms with Crippen LogP contribution in [0.2, 0.25) is 10.0 Å². The van der Waals surface area contributed by atoms with Gasteiger partial charge in [-0.05, 0) is 55.5 Å². The van der Waals surface area contributed by atoms with Gasteiger partial charge < -0.3 is 15.7 Å². The lowest BCUT2D eigenvalue weighted by Crippen LogP contribution is -2.22. The van der Waals surface area contributed by atoms with E-state index >= 15 is 0 Å².